The zero-order valence-corrected chi connectivity index (χ0v) is 9.00. The first-order valence-corrected chi connectivity index (χ1v) is 5.52. The molecule has 0 amide bonds. The predicted octanol–water partition coefficient (Wildman–Crippen LogP) is 0.441. The van der Waals surface area contributed by atoms with Gasteiger partial charge < -0.3 is 10.3 Å². The van der Waals surface area contributed by atoms with Gasteiger partial charge in [-0.25, -0.2) is 0 Å². The van der Waals surface area contributed by atoms with Crippen molar-refractivity contribution in [3.05, 3.63) is 24.0 Å². The summed E-state index contributed by atoms with van der Waals surface area (Å²) in [6.45, 7) is 1.67. The van der Waals surface area contributed by atoms with Gasteiger partial charge in [0, 0.05) is 19.2 Å². The number of hydrogen-bond donors (Lipinski definition) is 1. The molecule has 0 saturated heterocycles. The molecule has 2 aromatic rings. The van der Waals surface area contributed by atoms with Crippen molar-refractivity contribution in [1.29, 1.82) is 0 Å². The van der Waals surface area contributed by atoms with Crippen LogP contribution < -0.4 is 5.73 Å². The first-order valence-electron chi connectivity index (χ1n) is 5.52. The lowest BCUT2D eigenvalue weighted by molar-refractivity contribution is 0.496. The highest BCUT2D eigenvalue weighted by atomic mass is 15.3. The number of aryl methyl sites for hydroxylation is 1. The lowest BCUT2D eigenvalue weighted by Gasteiger charge is -2.14. The minimum Gasteiger partial charge on any atom is -0.396 e. The number of nitrogens with two attached hydrogens (primary N) is 1. The normalized spacial score (nSPS) is 15.0. The lowest BCUT2D eigenvalue weighted by Crippen LogP contribution is -2.15. The van der Waals surface area contributed by atoms with E-state index in [1.165, 1.54) is 12.8 Å². The van der Waals surface area contributed by atoms with Crippen LogP contribution in [0.4, 0.5) is 5.69 Å². The smallest absolute Gasteiger partial charge is 0.154 e. The van der Waals surface area contributed by atoms with Crippen LogP contribution in [0.25, 0.3) is 0 Å². The average Bonchev–Trinajstić information content (AvgIpc) is 2.87. The van der Waals surface area contributed by atoms with Gasteiger partial charge in [0.15, 0.2) is 5.82 Å². The van der Waals surface area contributed by atoms with E-state index >= 15 is 0 Å². The molecular formula is C10H14N6. The second kappa shape index (κ2) is 3.62. The average molecular weight is 218 g/mol. The fourth-order valence-electron chi connectivity index (χ4n) is 2.10. The van der Waals surface area contributed by atoms with Crippen molar-refractivity contribution < 1.29 is 0 Å². The monoisotopic (exact) mass is 218 g/mol. The Kier molecular flexibility index (Phi) is 2.12. The molecule has 84 valence electrons. The molecule has 6 nitrogen and oxygen atoms in total. The Morgan fingerprint density at radius 3 is 3.06 bits per heavy atom. The van der Waals surface area contributed by atoms with Crippen LogP contribution in [-0.4, -0.2) is 24.5 Å². The van der Waals surface area contributed by atoms with Crippen molar-refractivity contribution in [2.45, 2.75) is 32.4 Å². The molecule has 2 aromatic heterocycles. The molecule has 6 heteroatoms. The van der Waals surface area contributed by atoms with Crippen LogP contribution in [0.2, 0.25) is 0 Å². The van der Waals surface area contributed by atoms with Crippen molar-refractivity contribution in [3.8, 4) is 0 Å². The Hall–Kier alpha value is -1.85. The van der Waals surface area contributed by atoms with Gasteiger partial charge in [-0.05, 0) is 12.8 Å². The van der Waals surface area contributed by atoms with E-state index in [1.807, 2.05) is 6.20 Å². The number of fused-ring (bicyclic) bond motifs is 1. The van der Waals surface area contributed by atoms with Crippen molar-refractivity contribution in [1.82, 2.24) is 24.5 Å². The Bertz CT molecular complexity index is 497. The minimum absolute atomic E-state index is 0.643. The minimum atomic E-state index is 0.643. The molecule has 2 N–H and O–H groups in total. The van der Waals surface area contributed by atoms with Crippen LogP contribution in [0.15, 0.2) is 12.4 Å². The van der Waals surface area contributed by atoms with Gasteiger partial charge in [0.1, 0.15) is 12.4 Å². The van der Waals surface area contributed by atoms with Crippen molar-refractivity contribution in [3.63, 3.8) is 0 Å². The Morgan fingerprint density at radius 1 is 1.31 bits per heavy atom. The van der Waals surface area contributed by atoms with Gasteiger partial charge >= 0.3 is 0 Å². The van der Waals surface area contributed by atoms with Crippen LogP contribution >= 0.6 is 0 Å². The fourth-order valence-corrected chi connectivity index (χ4v) is 2.10. The van der Waals surface area contributed by atoms with Gasteiger partial charge in [-0.3, -0.25) is 4.68 Å². The Morgan fingerprint density at radius 2 is 2.25 bits per heavy atom. The summed E-state index contributed by atoms with van der Waals surface area (Å²) in [5.74, 6) is 2.07. The summed E-state index contributed by atoms with van der Waals surface area (Å²) in [6.07, 6.45) is 6.92. The highest BCUT2D eigenvalue weighted by Gasteiger charge is 2.15. The van der Waals surface area contributed by atoms with E-state index in [0.717, 1.165) is 24.6 Å². The van der Waals surface area contributed by atoms with Crippen molar-refractivity contribution in [2.75, 3.05) is 5.73 Å². The molecule has 0 aliphatic carbocycles. The molecule has 0 spiro atoms. The number of nitrogen functional groups attached to an aromatic ring is 1. The molecule has 0 bridgehead atoms. The van der Waals surface area contributed by atoms with Gasteiger partial charge in [0.25, 0.3) is 0 Å². The van der Waals surface area contributed by atoms with E-state index in [2.05, 4.69) is 19.9 Å². The standard InChI is InChI=1S/C10H14N6/c11-8-5-12-15(6-8)7-10-14-13-9-3-1-2-4-16(9)10/h5-6H,1-4,7,11H2. The quantitative estimate of drug-likeness (QED) is 0.793. The third-order valence-electron chi connectivity index (χ3n) is 2.89. The summed E-state index contributed by atoms with van der Waals surface area (Å²) < 4.78 is 3.99. The maximum absolute atomic E-state index is 5.62. The third kappa shape index (κ3) is 1.56. The van der Waals surface area contributed by atoms with Crippen molar-refractivity contribution >= 4 is 5.69 Å². The molecular weight excluding hydrogens is 204 g/mol. The van der Waals surface area contributed by atoms with Gasteiger partial charge in [-0.1, -0.05) is 0 Å². The molecule has 0 atom stereocenters. The first kappa shape index (κ1) is 9.38. The van der Waals surface area contributed by atoms with E-state index in [-0.39, 0.29) is 0 Å². The lowest BCUT2D eigenvalue weighted by atomic mass is 10.2. The molecule has 1 aliphatic heterocycles. The molecule has 16 heavy (non-hydrogen) atoms. The largest absolute Gasteiger partial charge is 0.396 e. The number of anilines is 1. The van der Waals surface area contributed by atoms with E-state index in [4.69, 9.17) is 5.73 Å². The number of nitrogens with zero attached hydrogens (tertiary/aromatic N) is 5. The zero-order chi connectivity index (χ0) is 11.0. The molecule has 0 radical (unpaired) electrons. The van der Waals surface area contributed by atoms with Crippen LogP contribution in [0.3, 0.4) is 0 Å². The van der Waals surface area contributed by atoms with Crippen LogP contribution in [0, 0.1) is 0 Å². The topological polar surface area (TPSA) is 74.6 Å². The van der Waals surface area contributed by atoms with E-state index in [1.54, 1.807) is 10.9 Å². The summed E-state index contributed by atoms with van der Waals surface area (Å²) in [7, 11) is 0. The molecule has 1 aliphatic rings. The van der Waals surface area contributed by atoms with Gasteiger partial charge in [-0.15, -0.1) is 10.2 Å². The highest BCUT2D eigenvalue weighted by Crippen LogP contribution is 2.14. The number of aromatic nitrogens is 5. The maximum atomic E-state index is 5.62. The SMILES string of the molecule is Nc1cnn(Cc2nnc3n2CCCC3)c1. The fraction of sp³-hybridized carbons (Fsp3) is 0.500. The summed E-state index contributed by atoms with van der Waals surface area (Å²) in [6, 6.07) is 0. The third-order valence-corrected chi connectivity index (χ3v) is 2.89. The Labute approximate surface area is 93.1 Å². The molecule has 3 heterocycles. The second-order valence-corrected chi connectivity index (χ2v) is 4.11. The number of hydrogen-bond acceptors (Lipinski definition) is 4. The van der Waals surface area contributed by atoms with Crippen LogP contribution in [0.1, 0.15) is 24.5 Å². The summed E-state index contributed by atoms with van der Waals surface area (Å²) in [4.78, 5) is 0. The second-order valence-electron chi connectivity index (χ2n) is 4.11. The van der Waals surface area contributed by atoms with Crippen LogP contribution in [-0.2, 0) is 19.5 Å². The Balaban J connectivity index is 1.87. The van der Waals surface area contributed by atoms with Crippen LogP contribution in [0.5, 0.6) is 0 Å². The molecule has 0 unspecified atom stereocenters. The molecule has 3 rings (SSSR count). The summed E-state index contributed by atoms with van der Waals surface area (Å²) >= 11 is 0. The zero-order valence-electron chi connectivity index (χ0n) is 9.00. The molecule has 0 aromatic carbocycles. The highest BCUT2D eigenvalue weighted by molar-refractivity contribution is 5.30. The van der Waals surface area contributed by atoms with Gasteiger partial charge in [0.05, 0.1) is 11.9 Å². The van der Waals surface area contributed by atoms with E-state index in [0.29, 0.717) is 12.2 Å². The summed E-state index contributed by atoms with van der Waals surface area (Å²) in [5.41, 5.74) is 6.30. The molecule has 0 saturated carbocycles. The van der Waals surface area contributed by atoms with E-state index in [9.17, 15) is 0 Å². The van der Waals surface area contributed by atoms with Gasteiger partial charge in [0.2, 0.25) is 0 Å². The summed E-state index contributed by atoms with van der Waals surface area (Å²) in [5, 5.41) is 12.6. The predicted molar refractivity (Wildman–Crippen MR) is 58.7 cm³/mol. The van der Waals surface area contributed by atoms with E-state index < -0.39 is 0 Å². The van der Waals surface area contributed by atoms with Crippen molar-refractivity contribution in [2.24, 2.45) is 0 Å². The first-order chi connectivity index (χ1) is 7.83. The maximum Gasteiger partial charge on any atom is 0.154 e. The number of rotatable bonds is 2. The molecule has 0 fully saturated rings. The van der Waals surface area contributed by atoms with Gasteiger partial charge in [-0.2, -0.15) is 5.10 Å².